The molecule has 0 spiro atoms. The molecular weight excluding hydrogens is 266 g/mol. The second-order valence-electron chi connectivity index (χ2n) is 5.30. The maximum Gasteiger partial charge on any atom is 0.224 e. The Balaban J connectivity index is 1.79. The molecule has 0 amide bonds. The van der Waals surface area contributed by atoms with E-state index in [1.54, 1.807) is 6.20 Å². The molecule has 21 heavy (non-hydrogen) atoms. The van der Waals surface area contributed by atoms with Crippen molar-refractivity contribution in [2.45, 2.75) is 45.6 Å². The Hall–Kier alpha value is -2.11. The minimum Gasteiger partial charge on any atom is -0.436 e. The van der Waals surface area contributed by atoms with Gasteiger partial charge in [-0.2, -0.15) is 10.1 Å². The minimum atomic E-state index is 0.494. The third-order valence-electron chi connectivity index (χ3n) is 3.31. The van der Waals surface area contributed by atoms with Gasteiger partial charge >= 0.3 is 0 Å². The molecule has 0 unspecified atom stereocenters. The van der Waals surface area contributed by atoms with Gasteiger partial charge in [-0.3, -0.25) is 4.68 Å². The summed E-state index contributed by atoms with van der Waals surface area (Å²) in [5, 5.41) is 7.49. The summed E-state index contributed by atoms with van der Waals surface area (Å²) in [7, 11) is 0. The van der Waals surface area contributed by atoms with Crippen LogP contribution in [0.1, 0.15) is 44.9 Å². The first-order valence-corrected chi connectivity index (χ1v) is 7.61. The molecule has 0 bridgehead atoms. The Morgan fingerprint density at radius 2 is 2.19 bits per heavy atom. The van der Waals surface area contributed by atoms with Crippen molar-refractivity contribution < 1.29 is 4.74 Å². The van der Waals surface area contributed by atoms with E-state index >= 15 is 0 Å². The number of hydrogen-bond donors (Lipinski definition) is 1. The topological polar surface area (TPSA) is 64.9 Å². The lowest BCUT2D eigenvalue weighted by Crippen LogP contribution is -2.04. The van der Waals surface area contributed by atoms with E-state index < -0.39 is 0 Å². The van der Waals surface area contributed by atoms with Crippen molar-refractivity contribution in [1.29, 1.82) is 0 Å². The monoisotopic (exact) mass is 287 g/mol. The smallest absolute Gasteiger partial charge is 0.224 e. The van der Waals surface area contributed by atoms with Crippen molar-refractivity contribution in [1.82, 2.24) is 19.7 Å². The van der Waals surface area contributed by atoms with E-state index in [9.17, 15) is 0 Å². The van der Waals surface area contributed by atoms with E-state index in [2.05, 4.69) is 27.3 Å². The Morgan fingerprint density at radius 1 is 1.33 bits per heavy atom. The molecule has 2 aromatic heterocycles. The second kappa shape index (κ2) is 6.11. The molecule has 0 aromatic carbocycles. The Kier molecular flexibility index (Phi) is 4.03. The van der Waals surface area contributed by atoms with Crippen LogP contribution in [-0.4, -0.2) is 26.3 Å². The number of rotatable bonds is 7. The molecule has 112 valence electrons. The third kappa shape index (κ3) is 3.51. The third-order valence-corrected chi connectivity index (χ3v) is 3.31. The van der Waals surface area contributed by atoms with Crippen LogP contribution in [0.2, 0.25) is 0 Å². The molecular formula is C15H21N5O. The predicted octanol–water partition coefficient (Wildman–Crippen LogP) is 3.18. The highest BCUT2D eigenvalue weighted by Crippen LogP contribution is 2.39. The van der Waals surface area contributed by atoms with Crippen LogP contribution in [0.15, 0.2) is 18.5 Å². The first-order chi connectivity index (χ1) is 10.3. The van der Waals surface area contributed by atoms with E-state index in [1.165, 1.54) is 12.8 Å². The molecule has 2 heterocycles. The van der Waals surface area contributed by atoms with Crippen molar-refractivity contribution in [2.75, 3.05) is 11.9 Å². The Bertz CT molecular complexity index is 606. The van der Waals surface area contributed by atoms with Crippen molar-refractivity contribution >= 4 is 5.82 Å². The maximum absolute atomic E-state index is 5.84. The molecule has 0 atom stereocenters. The largest absolute Gasteiger partial charge is 0.436 e. The van der Waals surface area contributed by atoms with E-state index in [1.807, 2.05) is 23.9 Å². The summed E-state index contributed by atoms with van der Waals surface area (Å²) >= 11 is 0. The summed E-state index contributed by atoms with van der Waals surface area (Å²) < 4.78 is 7.72. The molecule has 1 N–H and O–H groups in total. The van der Waals surface area contributed by atoms with Crippen molar-refractivity contribution in [2.24, 2.45) is 0 Å². The Labute approximate surface area is 124 Å². The van der Waals surface area contributed by atoms with Crippen LogP contribution in [0.5, 0.6) is 11.6 Å². The zero-order valence-corrected chi connectivity index (χ0v) is 12.5. The fourth-order valence-corrected chi connectivity index (χ4v) is 2.16. The zero-order chi connectivity index (χ0) is 14.7. The number of anilines is 1. The molecule has 1 saturated carbocycles. The number of nitrogens with one attached hydrogen (secondary N) is 1. The van der Waals surface area contributed by atoms with Gasteiger partial charge in [0, 0.05) is 25.1 Å². The highest BCUT2D eigenvalue weighted by atomic mass is 16.5. The summed E-state index contributed by atoms with van der Waals surface area (Å²) in [6.07, 6.45) is 7.01. The minimum absolute atomic E-state index is 0.494. The van der Waals surface area contributed by atoms with Crippen LogP contribution in [-0.2, 0) is 6.54 Å². The van der Waals surface area contributed by atoms with Crippen molar-refractivity contribution in [3.63, 3.8) is 0 Å². The summed E-state index contributed by atoms with van der Waals surface area (Å²) in [5.41, 5.74) is 0. The highest BCUT2D eigenvalue weighted by molar-refractivity contribution is 5.40. The quantitative estimate of drug-likeness (QED) is 0.847. The molecule has 0 radical (unpaired) electrons. The van der Waals surface area contributed by atoms with Crippen LogP contribution in [0, 0.1) is 0 Å². The molecule has 2 aromatic rings. The zero-order valence-electron chi connectivity index (χ0n) is 12.5. The van der Waals surface area contributed by atoms with Gasteiger partial charge in [0.15, 0.2) is 5.75 Å². The first-order valence-electron chi connectivity index (χ1n) is 7.61. The standard InChI is InChI=1S/C15H21N5O/c1-3-7-20-10-12(9-17-20)21-14-8-13(16-4-2)18-15(19-14)11-5-6-11/h8-11H,3-7H2,1-2H3,(H,16,18,19). The van der Waals surface area contributed by atoms with Crippen molar-refractivity contribution in [3.05, 3.63) is 24.3 Å². The van der Waals surface area contributed by atoms with Crippen molar-refractivity contribution in [3.8, 4) is 11.6 Å². The molecule has 0 aliphatic heterocycles. The number of ether oxygens (including phenoxy) is 1. The van der Waals surface area contributed by atoms with E-state index in [-0.39, 0.29) is 0 Å². The average Bonchev–Trinajstić information content (AvgIpc) is 3.22. The number of nitrogens with zero attached hydrogens (tertiary/aromatic N) is 4. The van der Waals surface area contributed by atoms with Crippen LogP contribution >= 0.6 is 0 Å². The molecule has 1 aliphatic rings. The number of hydrogen-bond acceptors (Lipinski definition) is 5. The van der Waals surface area contributed by atoms with Gasteiger partial charge in [0.25, 0.3) is 0 Å². The number of aromatic nitrogens is 4. The lowest BCUT2D eigenvalue weighted by atomic mass is 10.4. The molecule has 3 rings (SSSR count). The lowest BCUT2D eigenvalue weighted by molar-refractivity contribution is 0.457. The van der Waals surface area contributed by atoms with E-state index in [0.29, 0.717) is 17.5 Å². The van der Waals surface area contributed by atoms with Crippen LogP contribution in [0.3, 0.4) is 0 Å². The van der Waals surface area contributed by atoms with Gasteiger partial charge in [-0.25, -0.2) is 4.98 Å². The van der Waals surface area contributed by atoms with Gasteiger partial charge in [0.1, 0.15) is 11.6 Å². The predicted molar refractivity (Wildman–Crippen MR) is 80.8 cm³/mol. The van der Waals surface area contributed by atoms with Crippen LogP contribution < -0.4 is 10.1 Å². The van der Waals surface area contributed by atoms with Gasteiger partial charge in [-0.05, 0) is 26.2 Å². The van der Waals surface area contributed by atoms with Crippen LogP contribution in [0.4, 0.5) is 5.82 Å². The summed E-state index contributed by atoms with van der Waals surface area (Å²) in [4.78, 5) is 9.06. The Morgan fingerprint density at radius 3 is 2.90 bits per heavy atom. The first kappa shape index (κ1) is 13.9. The SMILES string of the molecule is CCCn1cc(Oc2cc(NCC)nc(C3CC3)n2)cn1. The number of aryl methyl sites for hydroxylation is 1. The van der Waals surface area contributed by atoms with Gasteiger partial charge < -0.3 is 10.1 Å². The second-order valence-corrected chi connectivity index (χ2v) is 5.30. The fourth-order valence-electron chi connectivity index (χ4n) is 2.16. The fraction of sp³-hybridized carbons (Fsp3) is 0.533. The van der Waals surface area contributed by atoms with Gasteiger partial charge in [-0.1, -0.05) is 6.92 Å². The van der Waals surface area contributed by atoms with Crippen LogP contribution in [0.25, 0.3) is 0 Å². The summed E-state index contributed by atoms with van der Waals surface area (Å²) in [6.45, 7) is 5.89. The van der Waals surface area contributed by atoms with Gasteiger partial charge in [0.2, 0.25) is 5.88 Å². The van der Waals surface area contributed by atoms with Gasteiger partial charge in [0.05, 0.1) is 12.4 Å². The maximum atomic E-state index is 5.84. The molecule has 1 fully saturated rings. The summed E-state index contributed by atoms with van der Waals surface area (Å²) in [6, 6.07) is 1.84. The summed E-state index contributed by atoms with van der Waals surface area (Å²) in [5.74, 6) is 3.49. The molecule has 0 saturated heterocycles. The molecule has 1 aliphatic carbocycles. The normalized spacial score (nSPS) is 14.2. The molecule has 6 nitrogen and oxygen atoms in total. The average molecular weight is 287 g/mol. The van der Waals surface area contributed by atoms with E-state index in [4.69, 9.17) is 4.74 Å². The highest BCUT2D eigenvalue weighted by Gasteiger charge is 2.27. The van der Waals surface area contributed by atoms with Gasteiger partial charge in [-0.15, -0.1) is 0 Å². The lowest BCUT2D eigenvalue weighted by Gasteiger charge is -2.08. The molecule has 6 heteroatoms. The van der Waals surface area contributed by atoms with E-state index in [0.717, 1.165) is 31.2 Å².